The van der Waals surface area contributed by atoms with E-state index in [0.717, 1.165) is 24.2 Å². The van der Waals surface area contributed by atoms with Gasteiger partial charge in [-0.1, -0.05) is 35.0 Å². The molecular formula is C23H23ClN6O2. The fourth-order valence-corrected chi connectivity index (χ4v) is 4.83. The minimum Gasteiger partial charge on any atom is -0.337 e. The monoisotopic (exact) mass is 450 g/mol. The van der Waals surface area contributed by atoms with Crippen LogP contribution in [-0.4, -0.2) is 55.0 Å². The summed E-state index contributed by atoms with van der Waals surface area (Å²) < 4.78 is 7.48. The van der Waals surface area contributed by atoms with E-state index >= 15 is 0 Å². The van der Waals surface area contributed by atoms with Gasteiger partial charge >= 0.3 is 0 Å². The first-order valence-electron chi connectivity index (χ1n) is 10.6. The van der Waals surface area contributed by atoms with E-state index in [-0.39, 0.29) is 11.9 Å². The largest absolute Gasteiger partial charge is 0.337 e. The number of hydrogen-bond donors (Lipinski definition) is 0. The third kappa shape index (κ3) is 3.36. The van der Waals surface area contributed by atoms with Gasteiger partial charge in [-0.3, -0.25) is 14.3 Å². The fourth-order valence-electron chi connectivity index (χ4n) is 4.58. The molecule has 3 aromatic rings. The second-order valence-electron chi connectivity index (χ2n) is 7.92. The SMILES string of the molecule is C=CCN(CC=C)Cc1nc(-c2ncn3c2[C@@H]2CCCN2C(=O)c2c(Cl)cccc2-3)no1. The number of carbonyl (C=O) groups excluding carboxylic acids is 1. The zero-order valence-electron chi connectivity index (χ0n) is 17.6. The molecule has 1 aromatic carbocycles. The summed E-state index contributed by atoms with van der Waals surface area (Å²) in [6, 6.07) is 5.36. The second kappa shape index (κ2) is 8.37. The van der Waals surface area contributed by atoms with Gasteiger partial charge in [0.15, 0.2) is 0 Å². The van der Waals surface area contributed by atoms with E-state index in [4.69, 9.17) is 16.1 Å². The lowest BCUT2D eigenvalue weighted by Gasteiger charge is -2.22. The van der Waals surface area contributed by atoms with Gasteiger partial charge in [-0.2, -0.15) is 4.98 Å². The predicted octanol–water partition coefficient (Wildman–Crippen LogP) is 4.04. The lowest BCUT2D eigenvalue weighted by atomic mass is 10.1. The number of nitrogens with zero attached hydrogens (tertiary/aromatic N) is 6. The summed E-state index contributed by atoms with van der Waals surface area (Å²) in [5, 5.41) is 4.65. The van der Waals surface area contributed by atoms with Crippen LogP contribution < -0.4 is 0 Å². The van der Waals surface area contributed by atoms with Gasteiger partial charge in [0.2, 0.25) is 11.7 Å². The Bertz CT molecular complexity index is 1190. The summed E-state index contributed by atoms with van der Waals surface area (Å²) in [6.07, 6.45) is 7.12. The molecule has 0 saturated carbocycles. The molecule has 5 rings (SSSR count). The third-order valence-corrected chi connectivity index (χ3v) is 6.23. The molecule has 9 heteroatoms. The standard InChI is InChI=1S/C23H23ClN6O2/c1-3-10-28(11-4-2)13-18-26-22(27-32-18)20-21-17-9-6-12-29(17)23(31)19-15(24)7-5-8-16(19)30(21)14-25-20/h3-5,7-8,14,17H,1-2,6,9-13H2/t17-/m0/s1. The van der Waals surface area contributed by atoms with Gasteiger partial charge in [0.25, 0.3) is 5.91 Å². The van der Waals surface area contributed by atoms with Crippen LogP contribution in [-0.2, 0) is 6.54 Å². The molecule has 0 radical (unpaired) electrons. The Balaban J connectivity index is 1.57. The second-order valence-corrected chi connectivity index (χ2v) is 8.33. The van der Waals surface area contributed by atoms with Crippen LogP contribution in [0, 0.1) is 0 Å². The quantitative estimate of drug-likeness (QED) is 0.505. The van der Waals surface area contributed by atoms with Crippen molar-refractivity contribution in [3.8, 4) is 17.2 Å². The number of aromatic nitrogens is 4. The smallest absolute Gasteiger partial charge is 0.258 e. The van der Waals surface area contributed by atoms with Gasteiger partial charge in [-0.25, -0.2) is 4.98 Å². The molecule has 1 amide bonds. The van der Waals surface area contributed by atoms with Gasteiger partial charge < -0.3 is 9.42 Å². The van der Waals surface area contributed by atoms with Crippen molar-refractivity contribution in [2.75, 3.05) is 19.6 Å². The van der Waals surface area contributed by atoms with Crippen molar-refractivity contribution in [3.05, 3.63) is 72.0 Å². The van der Waals surface area contributed by atoms with Crippen molar-refractivity contribution < 1.29 is 9.32 Å². The molecule has 2 aromatic heterocycles. The van der Waals surface area contributed by atoms with Gasteiger partial charge in [-0.05, 0) is 25.0 Å². The predicted molar refractivity (Wildman–Crippen MR) is 121 cm³/mol. The molecule has 2 aliphatic heterocycles. The van der Waals surface area contributed by atoms with Crippen LogP contribution in [0.25, 0.3) is 17.2 Å². The Kier molecular flexibility index (Phi) is 5.40. The molecule has 4 heterocycles. The molecule has 2 aliphatic rings. The zero-order chi connectivity index (χ0) is 22.2. The molecule has 8 nitrogen and oxygen atoms in total. The molecular weight excluding hydrogens is 428 g/mol. The molecule has 0 aliphatic carbocycles. The molecule has 0 bridgehead atoms. The number of imidazole rings is 1. The van der Waals surface area contributed by atoms with Crippen molar-refractivity contribution in [2.45, 2.75) is 25.4 Å². The van der Waals surface area contributed by atoms with Crippen molar-refractivity contribution in [1.82, 2.24) is 29.5 Å². The van der Waals surface area contributed by atoms with Crippen molar-refractivity contribution >= 4 is 17.5 Å². The average molecular weight is 451 g/mol. The first-order chi connectivity index (χ1) is 15.6. The Morgan fingerprint density at radius 2 is 2.09 bits per heavy atom. The number of rotatable bonds is 7. The van der Waals surface area contributed by atoms with E-state index in [1.807, 2.05) is 33.8 Å². The normalized spacial score (nSPS) is 17.1. The summed E-state index contributed by atoms with van der Waals surface area (Å²) in [7, 11) is 0. The van der Waals surface area contributed by atoms with E-state index in [2.05, 4.69) is 33.2 Å². The van der Waals surface area contributed by atoms with Crippen LogP contribution in [0.4, 0.5) is 0 Å². The molecule has 32 heavy (non-hydrogen) atoms. The van der Waals surface area contributed by atoms with Gasteiger partial charge in [0.05, 0.1) is 34.6 Å². The van der Waals surface area contributed by atoms with Crippen molar-refractivity contribution in [3.63, 3.8) is 0 Å². The van der Waals surface area contributed by atoms with Gasteiger partial charge in [0, 0.05) is 19.6 Å². The lowest BCUT2D eigenvalue weighted by molar-refractivity contribution is 0.0739. The van der Waals surface area contributed by atoms with E-state index in [1.54, 1.807) is 12.4 Å². The summed E-state index contributed by atoms with van der Waals surface area (Å²) in [5.74, 6) is 0.846. The number of fused-ring (bicyclic) bond motifs is 5. The Hall–Kier alpha value is -3.23. The van der Waals surface area contributed by atoms with Gasteiger partial charge in [0.1, 0.15) is 12.0 Å². The Morgan fingerprint density at radius 3 is 2.88 bits per heavy atom. The fraction of sp³-hybridized carbons (Fsp3) is 0.304. The third-order valence-electron chi connectivity index (χ3n) is 5.91. The molecule has 0 spiro atoms. The van der Waals surface area contributed by atoms with E-state index in [1.165, 1.54) is 0 Å². The highest BCUT2D eigenvalue weighted by Crippen LogP contribution is 2.43. The molecule has 0 unspecified atom stereocenters. The van der Waals surface area contributed by atoms with E-state index in [9.17, 15) is 4.79 Å². The van der Waals surface area contributed by atoms with Gasteiger partial charge in [-0.15, -0.1) is 13.2 Å². The van der Waals surface area contributed by atoms with Crippen LogP contribution in [0.5, 0.6) is 0 Å². The van der Waals surface area contributed by atoms with E-state index < -0.39 is 0 Å². The lowest BCUT2D eigenvalue weighted by Crippen LogP contribution is -2.30. The number of hydrogen-bond acceptors (Lipinski definition) is 6. The number of amides is 1. The highest BCUT2D eigenvalue weighted by Gasteiger charge is 2.40. The molecule has 1 fully saturated rings. The van der Waals surface area contributed by atoms with Crippen molar-refractivity contribution in [1.29, 1.82) is 0 Å². The zero-order valence-corrected chi connectivity index (χ0v) is 18.3. The van der Waals surface area contributed by atoms with Crippen LogP contribution in [0.1, 0.15) is 40.8 Å². The molecule has 164 valence electrons. The van der Waals surface area contributed by atoms with Crippen LogP contribution in [0.3, 0.4) is 0 Å². The maximum absolute atomic E-state index is 13.3. The van der Waals surface area contributed by atoms with Crippen LogP contribution in [0.2, 0.25) is 5.02 Å². The van der Waals surface area contributed by atoms with Crippen LogP contribution >= 0.6 is 11.6 Å². The number of halogens is 1. The molecule has 1 atom stereocenters. The summed E-state index contributed by atoms with van der Waals surface area (Å²) in [5.41, 5.74) is 2.73. The molecule has 0 N–H and O–H groups in total. The minimum absolute atomic E-state index is 0.0546. The minimum atomic E-state index is -0.122. The first kappa shape index (κ1) is 20.7. The summed E-state index contributed by atoms with van der Waals surface area (Å²) in [4.78, 5) is 26.6. The Morgan fingerprint density at radius 1 is 1.28 bits per heavy atom. The number of carbonyl (C=O) groups is 1. The average Bonchev–Trinajstić information content (AvgIpc) is 3.51. The summed E-state index contributed by atoms with van der Waals surface area (Å²) in [6.45, 7) is 10.1. The number of benzene rings is 1. The molecule has 1 saturated heterocycles. The highest BCUT2D eigenvalue weighted by atomic mass is 35.5. The first-order valence-corrected chi connectivity index (χ1v) is 10.9. The summed E-state index contributed by atoms with van der Waals surface area (Å²) >= 11 is 6.45. The Labute approximate surface area is 190 Å². The highest BCUT2D eigenvalue weighted by molar-refractivity contribution is 6.34. The van der Waals surface area contributed by atoms with E-state index in [0.29, 0.717) is 54.2 Å². The van der Waals surface area contributed by atoms with Crippen molar-refractivity contribution in [2.24, 2.45) is 0 Å². The van der Waals surface area contributed by atoms with Crippen LogP contribution in [0.15, 0.2) is 54.4 Å². The topological polar surface area (TPSA) is 80.3 Å². The maximum atomic E-state index is 13.3. The maximum Gasteiger partial charge on any atom is 0.258 e.